The van der Waals surface area contributed by atoms with Crippen LogP contribution in [0.4, 0.5) is 0 Å². The predicted molar refractivity (Wildman–Crippen MR) is 93.6 cm³/mol. The third kappa shape index (κ3) is 3.74. The van der Waals surface area contributed by atoms with Crippen LogP contribution in [0.5, 0.6) is 5.75 Å². The number of hydrogen-bond acceptors (Lipinski definition) is 5. The van der Waals surface area contributed by atoms with Gasteiger partial charge in [0.05, 0.1) is 16.1 Å². The first kappa shape index (κ1) is 17.3. The van der Waals surface area contributed by atoms with Gasteiger partial charge in [0.15, 0.2) is 11.6 Å². The lowest BCUT2D eigenvalue weighted by Gasteiger charge is -2.22. The Hall–Kier alpha value is -1.56. The Balaban J connectivity index is 1.76. The van der Waals surface area contributed by atoms with Crippen LogP contribution in [0.3, 0.4) is 0 Å². The lowest BCUT2D eigenvalue weighted by molar-refractivity contribution is 0.201. The van der Waals surface area contributed by atoms with Crippen molar-refractivity contribution >= 4 is 23.2 Å². The Kier molecular flexibility index (Phi) is 5.43. The van der Waals surface area contributed by atoms with Gasteiger partial charge < -0.3 is 9.26 Å². The minimum absolute atomic E-state index is 0.139. The van der Waals surface area contributed by atoms with Crippen LogP contribution in [0, 0.1) is 6.92 Å². The molecule has 0 radical (unpaired) electrons. The van der Waals surface area contributed by atoms with Crippen LogP contribution in [0.15, 0.2) is 29.3 Å². The van der Waals surface area contributed by atoms with Crippen molar-refractivity contribution < 1.29 is 9.26 Å². The van der Waals surface area contributed by atoms with Crippen molar-refractivity contribution in [3.63, 3.8) is 0 Å². The summed E-state index contributed by atoms with van der Waals surface area (Å²) < 4.78 is 10.8. The van der Waals surface area contributed by atoms with Crippen LogP contribution in [-0.4, -0.2) is 28.2 Å². The number of halogens is 2. The predicted octanol–water partition coefficient (Wildman–Crippen LogP) is 4.59. The number of nitrogens with zero attached hydrogens (tertiary/aromatic N) is 3. The maximum atomic E-state index is 6.31. The van der Waals surface area contributed by atoms with Crippen molar-refractivity contribution in [1.82, 2.24) is 15.0 Å². The molecule has 5 nitrogen and oxygen atoms in total. The highest BCUT2D eigenvalue weighted by molar-refractivity contribution is 6.37. The molecule has 0 N–H and O–H groups in total. The van der Waals surface area contributed by atoms with Crippen molar-refractivity contribution in [1.29, 1.82) is 0 Å². The summed E-state index contributed by atoms with van der Waals surface area (Å²) in [6, 6.07) is 3.92. The van der Waals surface area contributed by atoms with Gasteiger partial charge in [0.25, 0.3) is 0 Å². The molecule has 2 heterocycles. The lowest BCUT2D eigenvalue weighted by atomic mass is 10.1. The molecule has 1 saturated heterocycles. The van der Waals surface area contributed by atoms with Gasteiger partial charge in [-0.2, -0.15) is 4.98 Å². The fraction of sp³-hybridized carbons (Fsp3) is 0.412. The monoisotopic (exact) mass is 367 g/mol. The Morgan fingerprint density at radius 3 is 2.79 bits per heavy atom. The van der Waals surface area contributed by atoms with Crippen LogP contribution < -0.4 is 4.74 Å². The van der Waals surface area contributed by atoms with Gasteiger partial charge in [-0.15, -0.1) is 0 Å². The van der Waals surface area contributed by atoms with Crippen molar-refractivity contribution in [3.8, 4) is 5.75 Å². The molecular weight excluding hydrogens is 349 g/mol. The largest absolute Gasteiger partial charge is 0.486 e. The van der Waals surface area contributed by atoms with Gasteiger partial charge >= 0.3 is 0 Å². The summed E-state index contributed by atoms with van der Waals surface area (Å²) in [5.41, 5.74) is 1.03. The zero-order chi connectivity index (χ0) is 17.1. The number of ether oxygens (including phenoxy) is 1. The molecule has 1 aromatic carbocycles. The molecule has 1 aromatic heterocycles. The highest BCUT2D eigenvalue weighted by atomic mass is 35.5. The fourth-order valence-electron chi connectivity index (χ4n) is 2.96. The molecule has 7 heteroatoms. The Labute approximate surface area is 151 Å². The standard InChI is InChI=1S/C17H19Cl2N3O2/c1-3-7-23-16-13(18)8-12(9-14(16)19)10-22-6-4-5-15(22)17-20-11(2)21-24-17/h3,8-9,15H,1,4-7,10H2,2H3. The molecule has 3 rings (SSSR count). The Bertz CT molecular complexity index is 709. The normalized spacial score (nSPS) is 18.0. The van der Waals surface area contributed by atoms with E-state index in [9.17, 15) is 0 Å². The Morgan fingerprint density at radius 1 is 1.42 bits per heavy atom. The van der Waals surface area contributed by atoms with E-state index in [0.717, 1.165) is 24.9 Å². The second-order valence-corrected chi connectivity index (χ2v) is 6.61. The maximum absolute atomic E-state index is 6.31. The average molecular weight is 368 g/mol. The van der Waals surface area contributed by atoms with Crippen LogP contribution in [0.25, 0.3) is 0 Å². The topological polar surface area (TPSA) is 51.4 Å². The van der Waals surface area contributed by atoms with Crippen LogP contribution >= 0.6 is 23.2 Å². The van der Waals surface area contributed by atoms with Crippen molar-refractivity contribution in [3.05, 3.63) is 52.1 Å². The molecular formula is C17H19Cl2N3O2. The summed E-state index contributed by atoms with van der Waals surface area (Å²) >= 11 is 12.6. The first-order valence-electron chi connectivity index (χ1n) is 7.84. The van der Waals surface area contributed by atoms with Crippen molar-refractivity contribution in [2.75, 3.05) is 13.2 Å². The first-order valence-corrected chi connectivity index (χ1v) is 8.60. The summed E-state index contributed by atoms with van der Waals surface area (Å²) in [4.78, 5) is 6.67. The molecule has 0 spiro atoms. The third-order valence-electron chi connectivity index (χ3n) is 3.98. The summed E-state index contributed by atoms with van der Waals surface area (Å²) in [7, 11) is 0. The molecule has 24 heavy (non-hydrogen) atoms. The van der Waals surface area contributed by atoms with E-state index in [1.807, 2.05) is 19.1 Å². The number of benzene rings is 1. The SMILES string of the molecule is C=CCOc1c(Cl)cc(CN2CCCC2c2nc(C)no2)cc1Cl. The second-order valence-electron chi connectivity index (χ2n) is 5.80. The van der Waals surface area contributed by atoms with E-state index in [1.54, 1.807) is 6.08 Å². The van der Waals surface area contributed by atoms with E-state index in [-0.39, 0.29) is 6.04 Å². The van der Waals surface area contributed by atoms with E-state index < -0.39 is 0 Å². The van der Waals surface area contributed by atoms with Crippen LogP contribution in [0.1, 0.15) is 36.2 Å². The molecule has 1 fully saturated rings. The smallest absolute Gasteiger partial charge is 0.243 e. The summed E-state index contributed by atoms with van der Waals surface area (Å²) in [6.45, 7) is 7.50. The highest BCUT2D eigenvalue weighted by Gasteiger charge is 2.30. The number of aromatic nitrogens is 2. The van der Waals surface area contributed by atoms with Crippen LogP contribution in [-0.2, 0) is 6.54 Å². The van der Waals surface area contributed by atoms with E-state index in [2.05, 4.69) is 21.6 Å². The van der Waals surface area contributed by atoms with Crippen molar-refractivity contribution in [2.24, 2.45) is 0 Å². The summed E-state index contributed by atoms with van der Waals surface area (Å²) in [5, 5.41) is 4.90. The van der Waals surface area contributed by atoms with Gasteiger partial charge in [0, 0.05) is 6.54 Å². The van der Waals surface area contributed by atoms with Gasteiger partial charge in [0.2, 0.25) is 5.89 Å². The number of rotatable bonds is 6. The number of hydrogen-bond donors (Lipinski definition) is 0. The summed E-state index contributed by atoms with van der Waals surface area (Å²) in [6.07, 6.45) is 3.75. The van der Waals surface area contributed by atoms with Gasteiger partial charge in [-0.3, -0.25) is 4.90 Å². The zero-order valence-corrected chi connectivity index (χ0v) is 15.0. The lowest BCUT2D eigenvalue weighted by Crippen LogP contribution is -2.23. The number of aryl methyl sites for hydroxylation is 1. The molecule has 1 aliphatic rings. The molecule has 1 atom stereocenters. The molecule has 0 bridgehead atoms. The summed E-state index contributed by atoms with van der Waals surface area (Å²) in [5.74, 6) is 1.83. The molecule has 2 aromatic rings. The van der Waals surface area contributed by atoms with Crippen molar-refractivity contribution in [2.45, 2.75) is 32.4 Å². The molecule has 128 valence electrons. The van der Waals surface area contributed by atoms with E-state index in [1.165, 1.54) is 0 Å². The van der Waals surface area contributed by atoms with Crippen LogP contribution in [0.2, 0.25) is 10.0 Å². The Morgan fingerprint density at radius 2 is 2.17 bits per heavy atom. The second kappa shape index (κ2) is 7.55. The van der Waals surface area contributed by atoms with E-state index in [0.29, 0.717) is 40.7 Å². The third-order valence-corrected chi connectivity index (χ3v) is 4.54. The van der Waals surface area contributed by atoms with Gasteiger partial charge in [0.1, 0.15) is 6.61 Å². The molecule has 1 aliphatic heterocycles. The van der Waals surface area contributed by atoms with Gasteiger partial charge in [-0.25, -0.2) is 0 Å². The maximum Gasteiger partial charge on any atom is 0.243 e. The molecule has 0 amide bonds. The molecule has 1 unspecified atom stereocenters. The zero-order valence-electron chi connectivity index (χ0n) is 13.5. The van der Waals surface area contributed by atoms with Gasteiger partial charge in [-0.05, 0) is 44.0 Å². The first-order chi connectivity index (χ1) is 11.6. The molecule has 0 saturated carbocycles. The van der Waals surface area contributed by atoms with Gasteiger partial charge in [-0.1, -0.05) is 41.0 Å². The minimum atomic E-state index is 0.139. The number of likely N-dealkylation sites (tertiary alicyclic amines) is 1. The molecule has 0 aliphatic carbocycles. The average Bonchev–Trinajstić information content (AvgIpc) is 3.15. The van der Waals surface area contributed by atoms with E-state index in [4.69, 9.17) is 32.5 Å². The quantitative estimate of drug-likeness (QED) is 0.699. The van der Waals surface area contributed by atoms with E-state index >= 15 is 0 Å². The highest BCUT2D eigenvalue weighted by Crippen LogP contribution is 2.37. The minimum Gasteiger partial charge on any atom is -0.486 e. The fourth-order valence-corrected chi connectivity index (χ4v) is 3.60.